The van der Waals surface area contributed by atoms with Crippen molar-refractivity contribution in [3.05, 3.63) is 97.1 Å². The fraction of sp³-hybridized carbons (Fsp3) is 0. The summed E-state index contributed by atoms with van der Waals surface area (Å²) in [6, 6.07) is 34.7. The molecule has 0 saturated heterocycles. The van der Waals surface area contributed by atoms with E-state index in [4.69, 9.17) is 9.97 Å². The van der Waals surface area contributed by atoms with E-state index < -0.39 is 0 Å². The minimum atomic E-state index is 1.06. The number of benzene rings is 6. The fourth-order valence-electron chi connectivity index (χ4n) is 5.15. The molecule has 34 heavy (non-hydrogen) atoms. The van der Waals surface area contributed by atoms with Crippen LogP contribution in [0, 0.1) is 0 Å². The monoisotopic (exact) mass is 468 g/mol. The molecule has 6 aromatic carbocycles. The van der Waals surface area contributed by atoms with Gasteiger partial charge in [-0.2, -0.15) is 0 Å². The fourth-order valence-corrected chi connectivity index (χ4v) is 7.16. The molecule has 0 spiro atoms. The van der Waals surface area contributed by atoms with Gasteiger partial charge in [0.1, 0.15) is 10.0 Å². The molecule has 0 radical (unpaired) electrons. The number of para-hydroxylation sites is 2. The van der Waals surface area contributed by atoms with E-state index in [1.165, 1.54) is 52.8 Å². The van der Waals surface area contributed by atoms with Crippen molar-refractivity contribution in [2.75, 3.05) is 0 Å². The molecule has 8 rings (SSSR count). The highest BCUT2D eigenvalue weighted by atomic mass is 32.1. The number of fused-ring (bicyclic) bond motifs is 2. The molecule has 8 aromatic rings. The predicted octanol–water partition coefficient (Wildman–Crippen LogP) is 9.14. The Kier molecular flexibility index (Phi) is 3.73. The molecule has 158 valence electrons. The number of nitrogens with zero attached hydrogens (tertiary/aromatic N) is 2. The largest absolute Gasteiger partial charge is 0.236 e. The quantitative estimate of drug-likeness (QED) is 0.236. The van der Waals surface area contributed by atoms with Gasteiger partial charge in [0.15, 0.2) is 0 Å². The van der Waals surface area contributed by atoms with Gasteiger partial charge in [-0.15, -0.1) is 22.7 Å². The first kappa shape index (κ1) is 18.6. The third-order valence-electron chi connectivity index (χ3n) is 6.71. The summed E-state index contributed by atoms with van der Waals surface area (Å²) >= 11 is 3.53. The molecule has 4 heteroatoms. The standard InChI is InChI=1S/C30H16N2S2/c1-3-7-25-23(5-1)31-29(33-25)21-15-11-17-10-14-20-22(30-32-24-6-2-4-8-26(24)34-30)16-12-18-9-13-19(21)27(17)28(18)20/h1-16H. The average Bonchev–Trinajstić information content (AvgIpc) is 3.51. The van der Waals surface area contributed by atoms with E-state index >= 15 is 0 Å². The Hall–Kier alpha value is -3.86. The molecule has 0 bridgehead atoms. The summed E-state index contributed by atoms with van der Waals surface area (Å²) in [4.78, 5) is 9.93. The maximum atomic E-state index is 4.96. The van der Waals surface area contributed by atoms with Crippen LogP contribution >= 0.6 is 22.7 Å². The summed E-state index contributed by atoms with van der Waals surface area (Å²) in [5.74, 6) is 0. The Morgan fingerprint density at radius 3 is 1.35 bits per heavy atom. The van der Waals surface area contributed by atoms with Crippen molar-refractivity contribution in [3.63, 3.8) is 0 Å². The van der Waals surface area contributed by atoms with Crippen molar-refractivity contribution in [2.24, 2.45) is 0 Å². The number of hydrogen-bond donors (Lipinski definition) is 0. The lowest BCUT2D eigenvalue weighted by Crippen LogP contribution is -1.89. The van der Waals surface area contributed by atoms with Crippen molar-refractivity contribution in [2.45, 2.75) is 0 Å². The van der Waals surface area contributed by atoms with Gasteiger partial charge in [0.25, 0.3) is 0 Å². The van der Waals surface area contributed by atoms with Crippen LogP contribution in [0.15, 0.2) is 97.1 Å². The maximum absolute atomic E-state index is 4.96. The predicted molar refractivity (Wildman–Crippen MR) is 147 cm³/mol. The van der Waals surface area contributed by atoms with Crippen LogP contribution in [-0.4, -0.2) is 9.97 Å². The van der Waals surface area contributed by atoms with Gasteiger partial charge in [-0.05, 0) is 56.6 Å². The van der Waals surface area contributed by atoms with Gasteiger partial charge in [-0.25, -0.2) is 9.97 Å². The zero-order chi connectivity index (χ0) is 22.2. The Balaban J connectivity index is 1.45. The number of rotatable bonds is 2. The summed E-state index contributed by atoms with van der Waals surface area (Å²) in [5.41, 5.74) is 4.53. The second kappa shape index (κ2) is 6.83. The summed E-state index contributed by atoms with van der Waals surface area (Å²) in [6.45, 7) is 0. The molecule has 0 atom stereocenters. The van der Waals surface area contributed by atoms with Gasteiger partial charge >= 0.3 is 0 Å². The maximum Gasteiger partial charge on any atom is 0.125 e. The SMILES string of the molecule is c1ccc2sc(-c3ccc4ccc5c(-c6nc7ccccc7s6)ccc6ccc3c4c65)nc2c1. The third kappa shape index (κ3) is 2.55. The van der Waals surface area contributed by atoms with Crippen molar-refractivity contribution in [1.82, 2.24) is 9.97 Å². The average molecular weight is 469 g/mol. The molecule has 0 fully saturated rings. The summed E-state index contributed by atoms with van der Waals surface area (Å²) in [6.07, 6.45) is 0. The van der Waals surface area contributed by atoms with E-state index in [0.29, 0.717) is 0 Å². The molecule has 0 N–H and O–H groups in total. The summed E-state index contributed by atoms with van der Waals surface area (Å²) in [5, 5.41) is 9.83. The van der Waals surface area contributed by atoms with Crippen LogP contribution in [0.2, 0.25) is 0 Å². The molecule has 0 aliphatic heterocycles. The Bertz CT molecular complexity index is 1820. The van der Waals surface area contributed by atoms with Crippen LogP contribution < -0.4 is 0 Å². The Labute approximate surface area is 203 Å². The molecule has 2 aromatic heterocycles. The van der Waals surface area contributed by atoms with Gasteiger partial charge in [-0.3, -0.25) is 0 Å². The number of hydrogen-bond acceptors (Lipinski definition) is 4. The number of aromatic nitrogens is 2. The van der Waals surface area contributed by atoms with Crippen LogP contribution in [0.3, 0.4) is 0 Å². The van der Waals surface area contributed by atoms with Crippen molar-refractivity contribution < 1.29 is 0 Å². The second-order valence-corrected chi connectivity index (χ2v) is 10.7. The molecule has 2 nitrogen and oxygen atoms in total. The minimum absolute atomic E-state index is 1.06. The molecule has 0 saturated carbocycles. The summed E-state index contributed by atoms with van der Waals surface area (Å²) < 4.78 is 2.45. The smallest absolute Gasteiger partial charge is 0.125 e. The van der Waals surface area contributed by atoms with Crippen molar-refractivity contribution >= 4 is 75.4 Å². The van der Waals surface area contributed by atoms with Gasteiger partial charge in [0.05, 0.1) is 20.4 Å². The summed E-state index contributed by atoms with van der Waals surface area (Å²) in [7, 11) is 0. The normalized spacial score (nSPS) is 12.1. The second-order valence-electron chi connectivity index (χ2n) is 8.62. The van der Waals surface area contributed by atoms with Crippen molar-refractivity contribution in [1.29, 1.82) is 0 Å². The minimum Gasteiger partial charge on any atom is -0.236 e. The van der Waals surface area contributed by atoms with Gasteiger partial charge in [0, 0.05) is 11.1 Å². The lowest BCUT2D eigenvalue weighted by molar-refractivity contribution is 1.49. The highest BCUT2D eigenvalue weighted by Crippen LogP contribution is 2.44. The van der Waals surface area contributed by atoms with Gasteiger partial charge in [-0.1, -0.05) is 72.8 Å². The topological polar surface area (TPSA) is 25.8 Å². The first-order valence-electron chi connectivity index (χ1n) is 11.3. The van der Waals surface area contributed by atoms with Crippen LogP contribution in [0.4, 0.5) is 0 Å². The van der Waals surface area contributed by atoms with E-state index in [0.717, 1.165) is 21.0 Å². The van der Waals surface area contributed by atoms with E-state index in [1.807, 2.05) is 0 Å². The highest BCUT2D eigenvalue weighted by Gasteiger charge is 2.17. The van der Waals surface area contributed by atoms with E-state index in [2.05, 4.69) is 97.1 Å². The van der Waals surface area contributed by atoms with Crippen LogP contribution in [0.25, 0.3) is 73.9 Å². The molecular formula is C30H16N2S2. The van der Waals surface area contributed by atoms with E-state index in [9.17, 15) is 0 Å². The van der Waals surface area contributed by atoms with Crippen LogP contribution in [-0.2, 0) is 0 Å². The third-order valence-corrected chi connectivity index (χ3v) is 8.85. The van der Waals surface area contributed by atoms with Crippen LogP contribution in [0.1, 0.15) is 0 Å². The Morgan fingerprint density at radius 2 is 0.882 bits per heavy atom. The van der Waals surface area contributed by atoms with Crippen molar-refractivity contribution in [3.8, 4) is 21.1 Å². The molecule has 2 heterocycles. The molecule has 0 amide bonds. The van der Waals surface area contributed by atoms with Crippen LogP contribution in [0.5, 0.6) is 0 Å². The first-order chi connectivity index (χ1) is 16.8. The zero-order valence-corrected chi connectivity index (χ0v) is 19.6. The zero-order valence-electron chi connectivity index (χ0n) is 17.9. The lowest BCUT2D eigenvalue weighted by Gasteiger charge is -2.14. The highest BCUT2D eigenvalue weighted by molar-refractivity contribution is 7.22. The molecule has 0 unspecified atom stereocenters. The first-order valence-corrected chi connectivity index (χ1v) is 12.9. The molecular weight excluding hydrogens is 452 g/mol. The molecule has 0 aliphatic carbocycles. The van der Waals surface area contributed by atoms with E-state index in [1.54, 1.807) is 22.7 Å². The number of thiazole rings is 2. The van der Waals surface area contributed by atoms with Gasteiger partial charge < -0.3 is 0 Å². The van der Waals surface area contributed by atoms with Gasteiger partial charge in [0.2, 0.25) is 0 Å². The molecule has 0 aliphatic rings. The Morgan fingerprint density at radius 1 is 0.441 bits per heavy atom. The lowest BCUT2D eigenvalue weighted by atomic mass is 9.90. The van der Waals surface area contributed by atoms with E-state index in [-0.39, 0.29) is 0 Å².